The molecule has 0 saturated heterocycles. The van der Waals surface area contributed by atoms with Crippen LogP contribution in [0.25, 0.3) is 0 Å². The zero-order chi connectivity index (χ0) is 29.1. The lowest BCUT2D eigenvalue weighted by molar-refractivity contribution is -0.158. The van der Waals surface area contributed by atoms with Gasteiger partial charge in [-0.15, -0.1) is 0 Å². The summed E-state index contributed by atoms with van der Waals surface area (Å²) in [4.78, 5) is 37.8. The van der Waals surface area contributed by atoms with E-state index in [-0.39, 0.29) is 38.4 Å². The number of esters is 1. The molecule has 0 amide bonds. The van der Waals surface area contributed by atoms with E-state index >= 15 is 0 Å². The van der Waals surface area contributed by atoms with Gasteiger partial charge < -0.3 is 14.2 Å². The van der Waals surface area contributed by atoms with Crippen molar-refractivity contribution >= 4 is 5.97 Å². The molecule has 0 spiro atoms. The lowest BCUT2D eigenvalue weighted by Gasteiger charge is -2.24. The van der Waals surface area contributed by atoms with Crippen LogP contribution in [-0.2, 0) is 29.0 Å². The molecule has 0 aliphatic rings. The molecular formula is C27H38F3N3O6. The molecule has 12 heteroatoms. The minimum atomic E-state index is -4.38. The first-order valence-electron chi connectivity index (χ1n) is 13.2. The molecule has 2 rings (SSSR count). The molecule has 2 aromatic rings. The molecule has 0 aliphatic carbocycles. The molecule has 218 valence electrons. The van der Waals surface area contributed by atoms with Gasteiger partial charge in [-0.3, -0.25) is 9.36 Å². The molecule has 0 aliphatic heterocycles. The van der Waals surface area contributed by atoms with Gasteiger partial charge in [0.05, 0.1) is 13.2 Å². The topological polar surface area (TPSA) is 102 Å². The summed E-state index contributed by atoms with van der Waals surface area (Å²) in [6.07, 6.45) is -2.00. The molecule has 0 fully saturated rings. The molecule has 0 saturated carbocycles. The van der Waals surface area contributed by atoms with Gasteiger partial charge in [-0.25, -0.2) is 14.3 Å². The number of aryl methyl sites for hydroxylation is 1. The zero-order valence-electron chi connectivity index (χ0n) is 23.0. The van der Waals surface area contributed by atoms with Crippen LogP contribution in [0.1, 0.15) is 71.9 Å². The van der Waals surface area contributed by atoms with E-state index in [1.54, 1.807) is 45.0 Å². The summed E-state index contributed by atoms with van der Waals surface area (Å²) in [6, 6.07) is 6.57. The van der Waals surface area contributed by atoms with Crippen LogP contribution < -0.4 is 20.7 Å². The maximum atomic E-state index is 12.9. The minimum Gasteiger partial charge on any atom is -0.492 e. The SMILES string of the molecule is CCCCCCc1nn(CCOc2cccc(OC(C)(C)C(=O)OCC)c2)c(=O)n(CCCC(F)(F)F)c1=O. The molecule has 1 heterocycles. The highest BCUT2D eigenvalue weighted by atomic mass is 19.4. The van der Waals surface area contributed by atoms with E-state index in [0.717, 1.165) is 28.5 Å². The monoisotopic (exact) mass is 557 g/mol. The fraction of sp³-hybridized carbons (Fsp3) is 0.630. The normalized spacial score (nSPS) is 11.9. The maximum absolute atomic E-state index is 12.9. The van der Waals surface area contributed by atoms with E-state index in [0.29, 0.717) is 24.3 Å². The Hall–Kier alpha value is -3.31. The second kappa shape index (κ2) is 14.7. The van der Waals surface area contributed by atoms with Crippen LogP contribution in [-0.4, -0.2) is 45.3 Å². The van der Waals surface area contributed by atoms with Crippen LogP contribution in [0.5, 0.6) is 11.5 Å². The van der Waals surface area contributed by atoms with Crippen molar-refractivity contribution in [3.05, 3.63) is 50.8 Å². The Balaban J connectivity index is 2.16. The average molecular weight is 558 g/mol. The van der Waals surface area contributed by atoms with Gasteiger partial charge in [0.15, 0.2) is 5.60 Å². The number of unbranched alkanes of at least 4 members (excludes halogenated alkanes) is 3. The van der Waals surface area contributed by atoms with Gasteiger partial charge in [-0.1, -0.05) is 32.3 Å². The highest BCUT2D eigenvalue weighted by Gasteiger charge is 2.31. The second-order valence-electron chi connectivity index (χ2n) is 9.59. The largest absolute Gasteiger partial charge is 0.492 e. The summed E-state index contributed by atoms with van der Waals surface area (Å²) in [6.45, 7) is 6.76. The molecule has 9 nitrogen and oxygen atoms in total. The van der Waals surface area contributed by atoms with E-state index in [2.05, 4.69) is 12.0 Å². The number of hydrogen-bond acceptors (Lipinski definition) is 7. The van der Waals surface area contributed by atoms with Gasteiger partial charge >= 0.3 is 17.8 Å². The standard InChI is InChI=1S/C27H38F3N3O6/c1-5-7-8-9-14-22-23(34)32(16-11-15-27(28,29)30)25(36)33(31-22)17-18-38-20-12-10-13-21(19-20)39-26(3,4)24(35)37-6-2/h10,12-13,19H,5-9,11,14-18H2,1-4H3. The third kappa shape index (κ3) is 10.4. The van der Waals surface area contributed by atoms with Crippen LogP contribution in [0, 0.1) is 0 Å². The minimum absolute atomic E-state index is 0.00629. The van der Waals surface area contributed by atoms with Gasteiger partial charge in [0.1, 0.15) is 23.8 Å². The van der Waals surface area contributed by atoms with Gasteiger partial charge in [0.2, 0.25) is 0 Å². The number of aromatic nitrogens is 3. The van der Waals surface area contributed by atoms with E-state index < -0.39 is 35.4 Å². The summed E-state index contributed by atoms with van der Waals surface area (Å²) < 4.78 is 56.4. The predicted octanol–water partition coefficient (Wildman–Crippen LogP) is 4.67. The Kier molecular flexibility index (Phi) is 12.1. The summed E-state index contributed by atoms with van der Waals surface area (Å²) >= 11 is 0. The number of ether oxygens (including phenoxy) is 3. The van der Waals surface area contributed by atoms with E-state index in [9.17, 15) is 27.6 Å². The fourth-order valence-electron chi connectivity index (χ4n) is 3.79. The molecule has 1 aromatic carbocycles. The highest BCUT2D eigenvalue weighted by Crippen LogP contribution is 2.24. The van der Waals surface area contributed by atoms with Gasteiger partial charge in [-0.2, -0.15) is 18.3 Å². The summed E-state index contributed by atoms with van der Waals surface area (Å²) in [7, 11) is 0. The smallest absolute Gasteiger partial charge is 0.389 e. The Morgan fingerprint density at radius 2 is 1.72 bits per heavy atom. The summed E-state index contributed by atoms with van der Waals surface area (Å²) in [5.41, 5.74) is -2.50. The van der Waals surface area contributed by atoms with Crippen LogP contribution in [0.2, 0.25) is 0 Å². The van der Waals surface area contributed by atoms with E-state index in [1.807, 2.05) is 0 Å². The number of nitrogens with zero attached hydrogens (tertiary/aromatic N) is 3. The Morgan fingerprint density at radius 1 is 1.00 bits per heavy atom. The zero-order valence-corrected chi connectivity index (χ0v) is 23.0. The molecule has 0 N–H and O–H groups in total. The Labute approximate surface area is 225 Å². The fourth-order valence-corrected chi connectivity index (χ4v) is 3.79. The summed E-state index contributed by atoms with van der Waals surface area (Å²) in [5, 5.41) is 4.21. The predicted molar refractivity (Wildman–Crippen MR) is 139 cm³/mol. The molecule has 1 aromatic heterocycles. The van der Waals surface area contributed by atoms with Crippen LogP contribution in [0.15, 0.2) is 33.9 Å². The van der Waals surface area contributed by atoms with Gasteiger partial charge in [0.25, 0.3) is 5.56 Å². The molecule has 0 atom stereocenters. The number of benzene rings is 1. The van der Waals surface area contributed by atoms with Crippen LogP contribution in [0.4, 0.5) is 13.2 Å². The summed E-state index contributed by atoms with van der Waals surface area (Å²) in [5.74, 6) is 0.254. The molecule has 39 heavy (non-hydrogen) atoms. The van der Waals surface area contributed by atoms with Crippen molar-refractivity contribution in [2.75, 3.05) is 13.2 Å². The van der Waals surface area contributed by atoms with Crippen molar-refractivity contribution < 1.29 is 32.2 Å². The van der Waals surface area contributed by atoms with Crippen molar-refractivity contribution in [2.45, 2.75) is 97.5 Å². The number of hydrogen-bond donors (Lipinski definition) is 0. The Bertz CT molecular complexity index is 1190. The third-order valence-electron chi connectivity index (χ3n) is 5.81. The average Bonchev–Trinajstić information content (AvgIpc) is 2.85. The first-order valence-corrected chi connectivity index (χ1v) is 13.2. The lowest BCUT2D eigenvalue weighted by Crippen LogP contribution is -2.44. The molecular weight excluding hydrogens is 519 g/mol. The van der Waals surface area contributed by atoms with Crippen molar-refractivity contribution in [1.29, 1.82) is 0 Å². The number of carbonyl (C=O) groups excluding carboxylic acids is 1. The first kappa shape index (κ1) is 31.9. The molecule has 0 unspecified atom stereocenters. The molecule has 0 radical (unpaired) electrons. The maximum Gasteiger partial charge on any atom is 0.389 e. The first-order chi connectivity index (χ1) is 18.4. The molecule has 0 bridgehead atoms. The van der Waals surface area contributed by atoms with Crippen molar-refractivity contribution in [3.8, 4) is 11.5 Å². The third-order valence-corrected chi connectivity index (χ3v) is 5.81. The van der Waals surface area contributed by atoms with Crippen molar-refractivity contribution in [3.63, 3.8) is 0 Å². The lowest BCUT2D eigenvalue weighted by atomic mass is 10.1. The quantitative estimate of drug-likeness (QED) is 0.218. The van der Waals surface area contributed by atoms with Crippen LogP contribution in [0.3, 0.4) is 0 Å². The van der Waals surface area contributed by atoms with Gasteiger partial charge in [0, 0.05) is 19.0 Å². The Morgan fingerprint density at radius 3 is 2.38 bits per heavy atom. The second-order valence-corrected chi connectivity index (χ2v) is 9.59. The van der Waals surface area contributed by atoms with Gasteiger partial charge in [-0.05, 0) is 52.2 Å². The highest BCUT2D eigenvalue weighted by molar-refractivity contribution is 5.79. The van der Waals surface area contributed by atoms with Crippen LogP contribution >= 0.6 is 0 Å². The number of rotatable bonds is 16. The number of halogens is 3. The number of carbonyl (C=O) groups is 1. The van der Waals surface area contributed by atoms with E-state index in [1.165, 1.54) is 0 Å². The van der Waals surface area contributed by atoms with Crippen molar-refractivity contribution in [1.82, 2.24) is 14.3 Å². The van der Waals surface area contributed by atoms with E-state index in [4.69, 9.17) is 14.2 Å². The van der Waals surface area contributed by atoms with Crippen molar-refractivity contribution in [2.24, 2.45) is 0 Å². The number of alkyl halides is 3.